The van der Waals surface area contributed by atoms with Gasteiger partial charge in [-0.3, -0.25) is 14.3 Å². The van der Waals surface area contributed by atoms with Crippen molar-refractivity contribution in [3.05, 3.63) is 28.7 Å². The molecule has 10 heteroatoms. The van der Waals surface area contributed by atoms with Gasteiger partial charge in [-0.25, -0.2) is 0 Å². The third kappa shape index (κ3) is 4.69. The van der Waals surface area contributed by atoms with E-state index in [1.54, 1.807) is 42.7 Å². The summed E-state index contributed by atoms with van der Waals surface area (Å²) in [5.41, 5.74) is 2.13. The van der Waals surface area contributed by atoms with E-state index < -0.39 is 18.0 Å². The molecule has 26 heavy (non-hydrogen) atoms. The lowest BCUT2D eigenvalue weighted by molar-refractivity contribution is -0.151. The minimum atomic E-state index is -0.953. The quantitative estimate of drug-likeness (QED) is 0.757. The number of nitrogens with zero attached hydrogens (tertiary/aromatic N) is 5. The van der Waals surface area contributed by atoms with Gasteiger partial charge in [0.05, 0.1) is 17.1 Å². The Labute approximate surface area is 156 Å². The second-order valence-electron chi connectivity index (χ2n) is 5.86. The standard InChI is InChI=1S/C16H21ClN6O3/c1-9-15(10(2)23(5)21-9)18-16(25)11(3)26-14(24)8-22(4)13-7-6-12(17)19-20-13/h6-7,11H,8H2,1-5H3,(H,18,25). The molecule has 140 valence electrons. The van der Waals surface area contributed by atoms with Crippen molar-refractivity contribution >= 4 is 35.0 Å². The van der Waals surface area contributed by atoms with E-state index >= 15 is 0 Å². The number of ether oxygens (including phenoxy) is 1. The maximum atomic E-state index is 12.3. The van der Waals surface area contributed by atoms with Crippen LogP contribution in [0.4, 0.5) is 11.5 Å². The molecule has 1 unspecified atom stereocenters. The molecule has 0 aliphatic heterocycles. The Morgan fingerprint density at radius 3 is 2.58 bits per heavy atom. The number of amides is 1. The molecular weight excluding hydrogens is 360 g/mol. The van der Waals surface area contributed by atoms with E-state index in [0.717, 1.165) is 5.69 Å². The third-order valence-corrected chi connectivity index (χ3v) is 4.01. The van der Waals surface area contributed by atoms with Crippen LogP contribution in [-0.4, -0.2) is 51.6 Å². The zero-order valence-corrected chi connectivity index (χ0v) is 16.0. The maximum Gasteiger partial charge on any atom is 0.326 e. The highest BCUT2D eigenvalue weighted by Gasteiger charge is 2.21. The fourth-order valence-electron chi connectivity index (χ4n) is 2.25. The second kappa shape index (κ2) is 8.13. The molecule has 1 N–H and O–H groups in total. The number of likely N-dealkylation sites (N-methyl/N-ethyl adjacent to an activating group) is 1. The van der Waals surface area contributed by atoms with Gasteiger partial charge in [-0.2, -0.15) is 5.10 Å². The van der Waals surface area contributed by atoms with Crippen LogP contribution in [0.2, 0.25) is 5.15 Å². The van der Waals surface area contributed by atoms with Crippen molar-refractivity contribution < 1.29 is 14.3 Å². The number of carbonyl (C=O) groups excluding carboxylic acids is 2. The Kier molecular flexibility index (Phi) is 6.14. The molecule has 2 rings (SSSR count). The summed E-state index contributed by atoms with van der Waals surface area (Å²) in [6.45, 7) is 5.06. The summed E-state index contributed by atoms with van der Waals surface area (Å²) in [5, 5.41) is 14.8. The lowest BCUT2D eigenvalue weighted by Crippen LogP contribution is -2.35. The molecule has 1 amide bonds. The van der Waals surface area contributed by atoms with Gasteiger partial charge in [-0.1, -0.05) is 11.6 Å². The second-order valence-corrected chi connectivity index (χ2v) is 6.25. The van der Waals surface area contributed by atoms with Crippen molar-refractivity contribution in [1.29, 1.82) is 0 Å². The Bertz CT molecular complexity index is 805. The average Bonchev–Trinajstić information content (AvgIpc) is 2.81. The molecule has 0 spiro atoms. The van der Waals surface area contributed by atoms with E-state index in [9.17, 15) is 9.59 Å². The summed E-state index contributed by atoms with van der Waals surface area (Å²) in [5.74, 6) is -0.525. The van der Waals surface area contributed by atoms with Crippen LogP contribution in [0.5, 0.6) is 0 Å². The minimum absolute atomic E-state index is 0.0844. The van der Waals surface area contributed by atoms with Gasteiger partial charge in [0.1, 0.15) is 6.54 Å². The smallest absolute Gasteiger partial charge is 0.326 e. The van der Waals surface area contributed by atoms with Crippen molar-refractivity contribution in [2.24, 2.45) is 7.05 Å². The highest BCUT2D eigenvalue weighted by molar-refractivity contribution is 6.29. The number of esters is 1. The number of aromatic nitrogens is 4. The summed E-state index contributed by atoms with van der Waals surface area (Å²) in [6, 6.07) is 3.20. The van der Waals surface area contributed by atoms with E-state index in [0.29, 0.717) is 17.2 Å². The number of halogens is 1. The van der Waals surface area contributed by atoms with Crippen LogP contribution in [0.25, 0.3) is 0 Å². The van der Waals surface area contributed by atoms with Gasteiger partial charge in [0.2, 0.25) is 0 Å². The Hall–Kier alpha value is -2.68. The van der Waals surface area contributed by atoms with E-state index in [4.69, 9.17) is 16.3 Å². The van der Waals surface area contributed by atoms with Gasteiger partial charge in [0, 0.05) is 14.1 Å². The van der Waals surface area contributed by atoms with Gasteiger partial charge in [-0.05, 0) is 32.9 Å². The highest BCUT2D eigenvalue weighted by Crippen LogP contribution is 2.18. The molecule has 0 aliphatic rings. The van der Waals surface area contributed by atoms with Crippen LogP contribution in [0.1, 0.15) is 18.3 Å². The Morgan fingerprint density at radius 2 is 2.04 bits per heavy atom. The molecule has 2 heterocycles. The molecule has 0 fully saturated rings. The number of carbonyl (C=O) groups is 2. The fraction of sp³-hybridized carbons (Fsp3) is 0.438. The minimum Gasteiger partial charge on any atom is -0.451 e. The number of hydrogen-bond acceptors (Lipinski definition) is 7. The van der Waals surface area contributed by atoms with E-state index in [1.807, 2.05) is 6.92 Å². The molecule has 0 aliphatic carbocycles. The monoisotopic (exact) mass is 380 g/mol. The van der Waals surface area contributed by atoms with Gasteiger partial charge in [-0.15, -0.1) is 10.2 Å². The average molecular weight is 381 g/mol. The summed E-state index contributed by atoms with van der Waals surface area (Å²) in [4.78, 5) is 25.9. The van der Waals surface area contributed by atoms with E-state index in [1.165, 1.54) is 6.92 Å². The van der Waals surface area contributed by atoms with Crippen LogP contribution in [0.3, 0.4) is 0 Å². The molecule has 0 radical (unpaired) electrons. The lowest BCUT2D eigenvalue weighted by atomic mass is 10.3. The van der Waals surface area contributed by atoms with Crippen molar-refractivity contribution in [2.45, 2.75) is 26.9 Å². The molecule has 0 aromatic carbocycles. The normalized spacial score (nSPS) is 11.8. The van der Waals surface area contributed by atoms with E-state index in [2.05, 4.69) is 20.6 Å². The van der Waals surface area contributed by atoms with Crippen molar-refractivity contribution in [3.8, 4) is 0 Å². The summed E-state index contributed by atoms with van der Waals surface area (Å²) in [7, 11) is 3.45. The van der Waals surface area contributed by atoms with Crippen molar-refractivity contribution in [3.63, 3.8) is 0 Å². The molecule has 2 aromatic rings. The zero-order valence-electron chi connectivity index (χ0n) is 15.3. The van der Waals surface area contributed by atoms with Crippen LogP contribution in [0.15, 0.2) is 12.1 Å². The van der Waals surface area contributed by atoms with E-state index in [-0.39, 0.29) is 11.7 Å². The maximum absolute atomic E-state index is 12.3. The molecule has 0 saturated heterocycles. The van der Waals surface area contributed by atoms with Crippen LogP contribution >= 0.6 is 11.6 Å². The summed E-state index contributed by atoms with van der Waals surface area (Å²) < 4.78 is 6.86. The lowest BCUT2D eigenvalue weighted by Gasteiger charge is -2.18. The van der Waals surface area contributed by atoms with Crippen LogP contribution in [-0.2, 0) is 21.4 Å². The SMILES string of the molecule is Cc1nn(C)c(C)c1NC(=O)C(C)OC(=O)CN(C)c1ccc(Cl)nn1. The Balaban J connectivity index is 1.91. The molecule has 9 nitrogen and oxygen atoms in total. The highest BCUT2D eigenvalue weighted by atomic mass is 35.5. The first kappa shape index (κ1) is 19.6. The number of nitrogens with one attached hydrogen (secondary N) is 1. The molecule has 1 atom stereocenters. The van der Waals surface area contributed by atoms with Crippen LogP contribution in [0, 0.1) is 13.8 Å². The first-order valence-electron chi connectivity index (χ1n) is 7.90. The predicted molar refractivity (Wildman–Crippen MR) is 97.2 cm³/mol. The predicted octanol–water partition coefficient (Wildman–Crippen LogP) is 1.49. The number of anilines is 2. The van der Waals surface area contributed by atoms with Gasteiger partial charge >= 0.3 is 5.97 Å². The molecule has 0 saturated carbocycles. The number of aryl methyl sites for hydroxylation is 2. The van der Waals surface area contributed by atoms with Crippen molar-refractivity contribution in [1.82, 2.24) is 20.0 Å². The van der Waals surface area contributed by atoms with Crippen LogP contribution < -0.4 is 10.2 Å². The third-order valence-electron chi connectivity index (χ3n) is 3.81. The first-order chi connectivity index (χ1) is 12.2. The van der Waals surface area contributed by atoms with Gasteiger partial charge in [0.15, 0.2) is 17.1 Å². The topological polar surface area (TPSA) is 102 Å². The molecule has 0 bridgehead atoms. The van der Waals surface area contributed by atoms with Gasteiger partial charge < -0.3 is 15.0 Å². The molecule has 2 aromatic heterocycles. The fourth-order valence-corrected chi connectivity index (χ4v) is 2.36. The van der Waals surface area contributed by atoms with Crippen molar-refractivity contribution in [2.75, 3.05) is 23.8 Å². The first-order valence-corrected chi connectivity index (χ1v) is 8.27. The van der Waals surface area contributed by atoms with Gasteiger partial charge in [0.25, 0.3) is 5.91 Å². The summed E-state index contributed by atoms with van der Waals surface area (Å²) in [6.07, 6.45) is -0.953. The number of rotatable bonds is 6. The number of hydrogen-bond donors (Lipinski definition) is 1. The largest absolute Gasteiger partial charge is 0.451 e. The molecular formula is C16H21ClN6O3. The zero-order chi connectivity index (χ0) is 19.4. The summed E-state index contributed by atoms with van der Waals surface area (Å²) >= 11 is 5.68. The Morgan fingerprint density at radius 1 is 1.35 bits per heavy atom.